The summed E-state index contributed by atoms with van der Waals surface area (Å²) in [4.78, 5) is 0. The fraction of sp³-hybridized carbons (Fsp3) is 0.286. The van der Waals surface area contributed by atoms with E-state index in [-0.39, 0.29) is 0 Å². The van der Waals surface area contributed by atoms with Gasteiger partial charge in [0.15, 0.2) is 5.82 Å². The number of nitrogens with zero attached hydrogens (tertiary/aromatic N) is 3. The van der Waals surface area contributed by atoms with Crippen molar-refractivity contribution in [1.82, 2.24) is 14.9 Å². The second kappa shape index (κ2) is 7.79. The maximum Gasteiger partial charge on any atom is 0.216 e. The fourth-order valence-corrected chi connectivity index (χ4v) is 3.74. The molecule has 4 rings (SSSR count). The van der Waals surface area contributed by atoms with Gasteiger partial charge in [0.25, 0.3) is 0 Å². The van der Waals surface area contributed by atoms with E-state index in [0.717, 1.165) is 11.4 Å². The van der Waals surface area contributed by atoms with Gasteiger partial charge in [0.05, 0.1) is 6.21 Å². The molecule has 1 saturated carbocycles. The quantitative estimate of drug-likeness (QED) is 0.489. The predicted octanol–water partition coefficient (Wildman–Crippen LogP) is 5.54. The molecular formula is C21H22N4S. The summed E-state index contributed by atoms with van der Waals surface area (Å²) in [7, 11) is 0. The van der Waals surface area contributed by atoms with E-state index in [2.05, 4.69) is 63.8 Å². The molecule has 5 heteroatoms. The third-order valence-electron chi connectivity index (χ3n) is 4.99. The minimum Gasteiger partial charge on any atom is -0.250 e. The molecule has 26 heavy (non-hydrogen) atoms. The van der Waals surface area contributed by atoms with Gasteiger partial charge >= 0.3 is 0 Å². The summed E-state index contributed by atoms with van der Waals surface area (Å²) in [6.07, 6.45) is 8.02. The predicted molar refractivity (Wildman–Crippen MR) is 108 cm³/mol. The van der Waals surface area contributed by atoms with Gasteiger partial charge in [0.1, 0.15) is 0 Å². The Balaban J connectivity index is 1.55. The Morgan fingerprint density at radius 2 is 1.65 bits per heavy atom. The minimum absolute atomic E-state index is 0.453. The highest BCUT2D eigenvalue weighted by atomic mass is 32.1. The van der Waals surface area contributed by atoms with Gasteiger partial charge in [-0.2, -0.15) is 14.9 Å². The Bertz CT molecular complexity index is 932. The molecule has 2 aromatic carbocycles. The molecule has 0 bridgehead atoms. The van der Waals surface area contributed by atoms with E-state index in [0.29, 0.717) is 10.7 Å². The number of hydrogen-bond acceptors (Lipinski definition) is 3. The molecule has 3 aromatic rings. The Kier molecular flexibility index (Phi) is 5.07. The Morgan fingerprint density at radius 3 is 2.38 bits per heavy atom. The summed E-state index contributed by atoms with van der Waals surface area (Å²) >= 11 is 5.37. The first-order valence-corrected chi connectivity index (χ1v) is 9.59. The molecule has 0 radical (unpaired) electrons. The van der Waals surface area contributed by atoms with Gasteiger partial charge in [0.2, 0.25) is 4.77 Å². The minimum atomic E-state index is 0.453. The highest BCUT2D eigenvalue weighted by Crippen LogP contribution is 2.31. The van der Waals surface area contributed by atoms with Crippen LogP contribution >= 0.6 is 12.2 Å². The van der Waals surface area contributed by atoms with E-state index in [9.17, 15) is 0 Å². The second-order valence-electron chi connectivity index (χ2n) is 6.77. The lowest BCUT2D eigenvalue weighted by atomic mass is 9.89. The van der Waals surface area contributed by atoms with Crippen molar-refractivity contribution in [3.63, 3.8) is 0 Å². The van der Waals surface area contributed by atoms with Crippen LogP contribution in [-0.4, -0.2) is 21.1 Å². The van der Waals surface area contributed by atoms with Crippen LogP contribution in [0, 0.1) is 4.77 Å². The number of H-pyrrole nitrogens is 1. The number of benzene rings is 2. The first kappa shape index (κ1) is 16.9. The fourth-order valence-electron chi connectivity index (χ4n) is 3.56. The lowest BCUT2D eigenvalue weighted by Gasteiger charge is -2.19. The maximum absolute atomic E-state index is 5.37. The van der Waals surface area contributed by atoms with Gasteiger partial charge in [0, 0.05) is 5.92 Å². The van der Waals surface area contributed by atoms with Crippen LogP contribution in [0.25, 0.3) is 11.1 Å². The molecule has 1 N–H and O–H groups in total. The first-order chi connectivity index (χ1) is 12.8. The Labute approximate surface area is 158 Å². The molecule has 4 nitrogen and oxygen atoms in total. The number of rotatable bonds is 4. The van der Waals surface area contributed by atoms with Gasteiger partial charge in [-0.1, -0.05) is 73.9 Å². The zero-order valence-electron chi connectivity index (χ0n) is 14.6. The number of hydrogen-bond donors (Lipinski definition) is 1. The highest BCUT2D eigenvalue weighted by Gasteiger charge is 2.21. The summed E-state index contributed by atoms with van der Waals surface area (Å²) in [5.74, 6) is 1.42. The first-order valence-electron chi connectivity index (χ1n) is 9.18. The zero-order valence-corrected chi connectivity index (χ0v) is 15.5. The highest BCUT2D eigenvalue weighted by molar-refractivity contribution is 7.71. The van der Waals surface area contributed by atoms with Crippen LogP contribution in [0.3, 0.4) is 0 Å². The van der Waals surface area contributed by atoms with Gasteiger partial charge in [-0.25, -0.2) is 0 Å². The normalized spacial score (nSPS) is 15.5. The number of aromatic amines is 1. The van der Waals surface area contributed by atoms with Crippen molar-refractivity contribution in [2.24, 2.45) is 5.10 Å². The van der Waals surface area contributed by atoms with Crippen molar-refractivity contribution in [2.75, 3.05) is 0 Å². The van der Waals surface area contributed by atoms with Gasteiger partial charge in [-0.15, -0.1) is 0 Å². The molecule has 132 valence electrons. The molecule has 0 amide bonds. The molecule has 1 aliphatic carbocycles. The topological polar surface area (TPSA) is 46.0 Å². The van der Waals surface area contributed by atoms with Gasteiger partial charge in [-0.05, 0) is 41.7 Å². The summed E-state index contributed by atoms with van der Waals surface area (Å²) < 4.78 is 2.35. The summed E-state index contributed by atoms with van der Waals surface area (Å²) in [6, 6.07) is 18.8. The summed E-state index contributed by atoms with van der Waals surface area (Å²) in [6.45, 7) is 0. The average molecular weight is 363 g/mol. The van der Waals surface area contributed by atoms with E-state index in [4.69, 9.17) is 12.2 Å². The van der Waals surface area contributed by atoms with E-state index >= 15 is 0 Å². The van der Waals surface area contributed by atoms with Crippen molar-refractivity contribution in [3.05, 3.63) is 70.8 Å². The summed E-state index contributed by atoms with van der Waals surface area (Å²) in [5, 5.41) is 11.9. The van der Waals surface area contributed by atoms with Crippen LogP contribution < -0.4 is 0 Å². The molecule has 1 heterocycles. The van der Waals surface area contributed by atoms with Crippen LogP contribution in [0.4, 0.5) is 0 Å². The maximum atomic E-state index is 5.37. The second-order valence-corrected chi connectivity index (χ2v) is 7.15. The summed E-state index contributed by atoms with van der Waals surface area (Å²) in [5.41, 5.74) is 3.46. The molecular weight excluding hydrogens is 340 g/mol. The van der Waals surface area contributed by atoms with Crippen molar-refractivity contribution in [3.8, 4) is 11.1 Å². The van der Waals surface area contributed by atoms with Crippen molar-refractivity contribution >= 4 is 18.4 Å². The van der Waals surface area contributed by atoms with Crippen molar-refractivity contribution in [2.45, 2.75) is 38.0 Å². The zero-order chi connectivity index (χ0) is 17.8. The lowest BCUT2D eigenvalue weighted by molar-refractivity contribution is 0.419. The molecule has 1 fully saturated rings. The van der Waals surface area contributed by atoms with Crippen LogP contribution in [0.1, 0.15) is 49.4 Å². The van der Waals surface area contributed by atoms with Gasteiger partial charge in [-0.3, -0.25) is 5.10 Å². The third kappa shape index (κ3) is 3.68. The van der Waals surface area contributed by atoms with Crippen LogP contribution in [-0.2, 0) is 0 Å². The van der Waals surface area contributed by atoms with Crippen LogP contribution in [0.2, 0.25) is 0 Å². The molecule has 0 unspecified atom stereocenters. The van der Waals surface area contributed by atoms with E-state index in [1.54, 1.807) is 4.68 Å². The van der Waals surface area contributed by atoms with Crippen LogP contribution in [0.5, 0.6) is 0 Å². The third-order valence-corrected chi connectivity index (χ3v) is 5.25. The number of aromatic nitrogens is 3. The molecule has 1 aliphatic rings. The van der Waals surface area contributed by atoms with Crippen molar-refractivity contribution < 1.29 is 0 Å². The van der Waals surface area contributed by atoms with Crippen molar-refractivity contribution in [1.29, 1.82) is 0 Å². The van der Waals surface area contributed by atoms with Gasteiger partial charge < -0.3 is 0 Å². The SMILES string of the molecule is S=c1[nH]nc(C2CCCCC2)n1/N=C\c1ccc(-c2ccccc2)cc1. The largest absolute Gasteiger partial charge is 0.250 e. The standard InChI is InChI=1S/C21H22N4S/c26-21-24-23-20(19-9-5-2-6-10-19)25(21)22-15-16-11-13-18(14-12-16)17-7-3-1-4-8-17/h1,3-4,7-8,11-15,19H,2,5-6,9-10H2,(H,24,26)/b22-15-. The van der Waals surface area contributed by atoms with E-state index in [1.807, 2.05) is 12.3 Å². The molecule has 0 spiro atoms. The molecule has 0 atom stereocenters. The lowest BCUT2D eigenvalue weighted by Crippen LogP contribution is -2.10. The van der Waals surface area contributed by atoms with E-state index < -0.39 is 0 Å². The van der Waals surface area contributed by atoms with Crippen LogP contribution in [0.15, 0.2) is 59.7 Å². The Morgan fingerprint density at radius 1 is 0.962 bits per heavy atom. The molecule has 0 aliphatic heterocycles. The average Bonchev–Trinajstić information content (AvgIpc) is 3.08. The number of nitrogens with one attached hydrogen (secondary N) is 1. The molecule has 1 aromatic heterocycles. The van der Waals surface area contributed by atoms with E-state index in [1.165, 1.54) is 43.2 Å². The molecule has 0 saturated heterocycles. The Hall–Kier alpha value is -2.53. The monoisotopic (exact) mass is 362 g/mol. The smallest absolute Gasteiger partial charge is 0.216 e.